The Kier molecular flexibility index (Phi) is 1.98. The maximum atomic E-state index is 3.75. The zero-order valence-corrected chi connectivity index (χ0v) is 7.37. The topological polar surface area (TPSA) is 8.81 Å². The highest BCUT2D eigenvalue weighted by molar-refractivity contribution is 4.88. The van der Waals surface area contributed by atoms with E-state index < -0.39 is 0 Å². The van der Waals surface area contributed by atoms with Gasteiger partial charge in [0.15, 0.2) is 0 Å². The van der Waals surface area contributed by atoms with Crippen molar-refractivity contribution in [2.75, 3.05) is 0 Å². The van der Waals surface area contributed by atoms with Gasteiger partial charge in [0.1, 0.15) is 18.9 Å². The molecule has 0 saturated carbocycles. The molecule has 0 spiro atoms. The predicted octanol–water partition coefficient (Wildman–Crippen LogP) is 1.30. The van der Waals surface area contributed by atoms with E-state index in [4.69, 9.17) is 0 Å². The largest absolute Gasteiger partial charge is 0.256 e. The van der Waals surface area contributed by atoms with E-state index in [2.05, 4.69) is 28.1 Å². The van der Waals surface area contributed by atoms with E-state index in [1.807, 2.05) is 6.08 Å². The molecule has 0 radical (unpaired) electrons. The van der Waals surface area contributed by atoms with Gasteiger partial charge >= 0.3 is 0 Å². The number of allylic oxidation sites excluding steroid dienone is 1. The highest BCUT2D eigenvalue weighted by atomic mass is 15.1. The van der Waals surface area contributed by atoms with Crippen LogP contribution in [-0.2, 0) is 19.5 Å². The molecule has 0 N–H and O–H groups in total. The molecular formula is C10H15N2+. The van der Waals surface area contributed by atoms with Crippen LogP contribution in [0.5, 0.6) is 0 Å². The first kappa shape index (κ1) is 7.59. The number of aryl methyl sites for hydroxylation is 1. The van der Waals surface area contributed by atoms with Crippen molar-refractivity contribution in [2.24, 2.45) is 0 Å². The van der Waals surface area contributed by atoms with E-state index in [0.29, 0.717) is 0 Å². The molecule has 2 heterocycles. The molecule has 1 aliphatic rings. The van der Waals surface area contributed by atoms with Gasteiger partial charge in [0.2, 0.25) is 0 Å². The molecule has 0 atom stereocenters. The van der Waals surface area contributed by atoms with E-state index in [1.54, 1.807) is 0 Å². The second kappa shape index (κ2) is 3.13. The fraction of sp³-hybridized carbons (Fsp3) is 0.500. The average molecular weight is 163 g/mol. The van der Waals surface area contributed by atoms with Gasteiger partial charge in [0.05, 0.1) is 6.54 Å². The minimum absolute atomic E-state index is 0.947. The fourth-order valence-corrected chi connectivity index (χ4v) is 1.86. The summed E-state index contributed by atoms with van der Waals surface area (Å²) in [6, 6.07) is 0. The Morgan fingerprint density at radius 1 is 1.58 bits per heavy atom. The van der Waals surface area contributed by atoms with Gasteiger partial charge in [0.25, 0.3) is 5.82 Å². The summed E-state index contributed by atoms with van der Waals surface area (Å²) in [4.78, 5) is 0. The molecule has 0 fully saturated rings. The maximum absolute atomic E-state index is 3.75. The molecule has 0 unspecified atom stereocenters. The van der Waals surface area contributed by atoms with Gasteiger partial charge < -0.3 is 0 Å². The smallest absolute Gasteiger partial charge is 0.234 e. The number of rotatable bonds is 2. The zero-order valence-electron chi connectivity index (χ0n) is 7.37. The Hall–Kier alpha value is -1.05. The summed E-state index contributed by atoms with van der Waals surface area (Å²) in [5, 5.41) is 0. The van der Waals surface area contributed by atoms with E-state index in [1.165, 1.54) is 31.6 Å². The van der Waals surface area contributed by atoms with Crippen molar-refractivity contribution < 1.29 is 4.57 Å². The summed E-state index contributed by atoms with van der Waals surface area (Å²) in [5.41, 5.74) is 0. The van der Waals surface area contributed by atoms with Crippen molar-refractivity contribution >= 4 is 0 Å². The normalized spacial score (nSPS) is 15.7. The maximum Gasteiger partial charge on any atom is 0.256 e. The lowest BCUT2D eigenvalue weighted by Crippen LogP contribution is -2.40. The van der Waals surface area contributed by atoms with Crippen LogP contribution in [-0.4, -0.2) is 4.57 Å². The molecule has 64 valence electrons. The first-order valence-electron chi connectivity index (χ1n) is 4.60. The zero-order chi connectivity index (χ0) is 8.39. The number of fused-ring (bicyclic) bond motifs is 1. The first-order valence-corrected chi connectivity index (χ1v) is 4.60. The second-order valence-electron chi connectivity index (χ2n) is 3.31. The molecule has 0 aliphatic carbocycles. The number of hydrogen-bond donors (Lipinski definition) is 0. The number of aromatic nitrogens is 2. The van der Waals surface area contributed by atoms with Crippen LogP contribution in [0.25, 0.3) is 0 Å². The molecule has 2 rings (SSSR count). The number of imidazole rings is 1. The Balaban J connectivity index is 2.31. The number of hydrogen-bond acceptors (Lipinski definition) is 0. The van der Waals surface area contributed by atoms with Crippen LogP contribution >= 0.6 is 0 Å². The van der Waals surface area contributed by atoms with Gasteiger partial charge in [-0.2, -0.15) is 0 Å². The lowest BCUT2D eigenvalue weighted by Gasteiger charge is -2.08. The highest BCUT2D eigenvalue weighted by Gasteiger charge is 2.19. The van der Waals surface area contributed by atoms with Crippen molar-refractivity contribution in [2.45, 2.75) is 32.4 Å². The molecule has 2 nitrogen and oxygen atoms in total. The van der Waals surface area contributed by atoms with E-state index >= 15 is 0 Å². The van der Waals surface area contributed by atoms with Crippen molar-refractivity contribution in [3.05, 3.63) is 30.9 Å². The summed E-state index contributed by atoms with van der Waals surface area (Å²) < 4.78 is 4.64. The van der Waals surface area contributed by atoms with Crippen LogP contribution in [0.2, 0.25) is 0 Å². The van der Waals surface area contributed by atoms with Gasteiger partial charge in [-0.15, -0.1) is 0 Å². The Bertz CT molecular complexity index is 286. The Labute approximate surface area is 73.1 Å². The standard InChI is InChI=1S/C10H15N2/c1-2-6-11-8-9-12-7-4-3-5-10(11)12/h2,8-9H,1,3-7H2/q+1. The molecule has 0 amide bonds. The molecule has 0 aromatic carbocycles. The van der Waals surface area contributed by atoms with Gasteiger partial charge in [-0.1, -0.05) is 12.7 Å². The first-order chi connectivity index (χ1) is 5.92. The molecule has 1 aliphatic heterocycles. The SMILES string of the molecule is C=CCn1cc[n+]2c1CCCC2. The Morgan fingerprint density at radius 3 is 3.33 bits per heavy atom. The van der Waals surface area contributed by atoms with Crippen molar-refractivity contribution in [3.8, 4) is 0 Å². The summed E-state index contributed by atoms with van der Waals surface area (Å²) >= 11 is 0. The third-order valence-corrected chi connectivity index (χ3v) is 2.46. The van der Waals surface area contributed by atoms with Crippen LogP contribution in [0.3, 0.4) is 0 Å². The molecule has 12 heavy (non-hydrogen) atoms. The minimum Gasteiger partial charge on any atom is -0.234 e. The van der Waals surface area contributed by atoms with E-state index in [9.17, 15) is 0 Å². The lowest BCUT2D eigenvalue weighted by atomic mass is 10.2. The summed E-state index contributed by atoms with van der Waals surface area (Å²) in [7, 11) is 0. The molecule has 0 bridgehead atoms. The van der Waals surface area contributed by atoms with Gasteiger partial charge in [-0.25, -0.2) is 9.13 Å². The molecular weight excluding hydrogens is 148 g/mol. The Morgan fingerprint density at radius 2 is 2.50 bits per heavy atom. The summed E-state index contributed by atoms with van der Waals surface area (Å²) in [6.07, 6.45) is 10.2. The minimum atomic E-state index is 0.947. The molecule has 1 aromatic rings. The fourth-order valence-electron chi connectivity index (χ4n) is 1.86. The van der Waals surface area contributed by atoms with Crippen LogP contribution < -0.4 is 4.57 Å². The second-order valence-corrected chi connectivity index (χ2v) is 3.31. The van der Waals surface area contributed by atoms with Gasteiger partial charge in [-0.3, -0.25) is 0 Å². The molecule has 0 saturated heterocycles. The predicted molar refractivity (Wildman–Crippen MR) is 47.8 cm³/mol. The van der Waals surface area contributed by atoms with Gasteiger partial charge in [-0.05, 0) is 12.8 Å². The van der Waals surface area contributed by atoms with Crippen LogP contribution in [0.15, 0.2) is 25.0 Å². The quantitative estimate of drug-likeness (QED) is 0.459. The van der Waals surface area contributed by atoms with Crippen molar-refractivity contribution in [3.63, 3.8) is 0 Å². The molecule has 1 aromatic heterocycles. The van der Waals surface area contributed by atoms with Crippen LogP contribution in [0.4, 0.5) is 0 Å². The van der Waals surface area contributed by atoms with Crippen LogP contribution in [0.1, 0.15) is 18.7 Å². The lowest BCUT2D eigenvalue weighted by molar-refractivity contribution is -0.709. The van der Waals surface area contributed by atoms with Crippen LogP contribution in [0, 0.1) is 0 Å². The van der Waals surface area contributed by atoms with E-state index in [0.717, 1.165) is 6.54 Å². The highest BCUT2D eigenvalue weighted by Crippen LogP contribution is 2.07. The van der Waals surface area contributed by atoms with Crippen molar-refractivity contribution in [1.82, 2.24) is 4.57 Å². The van der Waals surface area contributed by atoms with Crippen molar-refractivity contribution in [1.29, 1.82) is 0 Å². The third-order valence-electron chi connectivity index (χ3n) is 2.46. The van der Waals surface area contributed by atoms with E-state index in [-0.39, 0.29) is 0 Å². The molecule has 2 heteroatoms. The third kappa shape index (κ3) is 1.17. The summed E-state index contributed by atoms with van der Waals surface area (Å²) in [5.74, 6) is 1.46. The number of nitrogens with zero attached hydrogens (tertiary/aromatic N) is 2. The monoisotopic (exact) mass is 163 g/mol. The van der Waals surface area contributed by atoms with Gasteiger partial charge in [0, 0.05) is 6.42 Å². The average Bonchev–Trinajstić information content (AvgIpc) is 2.50. The summed E-state index contributed by atoms with van der Waals surface area (Å²) in [6.45, 7) is 5.90.